The van der Waals surface area contributed by atoms with E-state index in [0.29, 0.717) is 0 Å². The van der Waals surface area contributed by atoms with Crippen LogP contribution in [0.15, 0.2) is 0 Å². The topological polar surface area (TPSA) is 62.2 Å². The highest BCUT2D eigenvalue weighted by Gasteiger charge is 2.09. The molecule has 1 saturated heterocycles. The van der Waals surface area contributed by atoms with Crippen molar-refractivity contribution in [1.29, 1.82) is 0 Å². The van der Waals surface area contributed by atoms with Crippen molar-refractivity contribution in [3.63, 3.8) is 0 Å². The number of nitrogens with one attached hydrogen (secondary N) is 1. The Labute approximate surface area is 142 Å². The summed E-state index contributed by atoms with van der Waals surface area (Å²) in [5, 5.41) is 21.9. The van der Waals surface area contributed by atoms with E-state index < -0.39 is 0 Å². The van der Waals surface area contributed by atoms with Crippen molar-refractivity contribution in [1.82, 2.24) is 20.0 Å². The molecule has 1 rings (SSSR count). The molecule has 0 aliphatic carbocycles. The average Bonchev–Trinajstić information content (AvgIpc) is 2.56. The van der Waals surface area contributed by atoms with Crippen LogP contribution in [0, 0.1) is 0 Å². The summed E-state index contributed by atoms with van der Waals surface area (Å²) in [7, 11) is 0. The SMILES string of the molecule is CCN1CCCN(CCO)CCCNCCN(CCO)CCC1. The van der Waals surface area contributed by atoms with Crippen LogP contribution >= 0.6 is 0 Å². The van der Waals surface area contributed by atoms with Crippen LogP contribution in [-0.4, -0.2) is 110 Å². The third-order valence-corrected chi connectivity index (χ3v) is 4.61. The lowest BCUT2D eigenvalue weighted by atomic mass is 10.3. The van der Waals surface area contributed by atoms with Gasteiger partial charge in [0.25, 0.3) is 0 Å². The van der Waals surface area contributed by atoms with Gasteiger partial charge in [0.1, 0.15) is 0 Å². The summed E-state index contributed by atoms with van der Waals surface area (Å²) in [5.74, 6) is 0. The van der Waals surface area contributed by atoms with Gasteiger partial charge in [0.05, 0.1) is 13.2 Å². The number of aliphatic hydroxyl groups is 2. The van der Waals surface area contributed by atoms with Crippen molar-refractivity contribution in [3.05, 3.63) is 0 Å². The fourth-order valence-corrected chi connectivity index (χ4v) is 3.21. The van der Waals surface area contributed by atoms with E-state index in [1.165, 1.54) is 6.42 Å². The molecule has 1 fully saturated rings. The van der Waals surface area contributed by atoms with Crippen molar-refractivity contribution < 1.29 is 10.2 Å². The maximum Gasteiger partial charge on any atom is 0.0558 e. The first-order valence-electron chi connectivity index (χ1n) is 9.39. The maximum atomic E-state index is 9.21. The standard InChI is InChI=1S/C17H38N4O2/c1-2-19-9-4-11-20(14-16-22)8-3-6-18-7-13-21(15-17-23)12-5-10-19/h18,22-23H,2-17H2,1H3. The fraction of sp³-hybridized carbons (Fsp3) is 1.00. The van der Waals surface area contributed by atoms with E-state index in [9.17, 15) is 10.2 Å². The third kappa shape index (κ3) is 10.3. The molecule has 0 aromatic carbocycles. The van der Waals surface area contributed by atoms with Gasteiger partial charge >= 0.3 is 0 Å². The lowest BCUT2D eigenvalue weighted by Gasteiger charge is -2.25. The van der Waals surface area contributed by atoms with Crippen LogP contribution < -0.4 is 5.32 Å². The number of nitrogens with zero attached hydrogens (tertiary/aromatic N) is 3. The summed E-state index contributed by atoms with van der Waals surface area (Å²) >= 11 is 0. The predicted octanol–water partition coefficient (Wildman–Crippen LogP) is -0.330. The van der Waals surface area contributed by atoms with E-state index in [2.05, 4.69) is 26.9 Å². The third-order valence-electron chi connectivity index (χ3n) is 4.61. The molecule has 1 aliphatic heterocycles. The number of aliphatic hydroxyl groups excluding tert-OH is 2. The minimum atomic E-state index is 0.244. The molecule has 0 atom stereocenters. The zero-order valence-electron chi connectivity index (χ0n) is 15.0. The van der Waals surface area contributed by atoms with Crippen LogP contribution in [0.2, 0.25) is 0 Å². The molecule has 0 saturated carbocycles. The van der Waals surface area contributed by atoms with Crippen LogP contribution in [-0.2, 0) is 0 Å². The largest absolute Gasteiger partial charge is 0.395 e. The molecule has 3 N–H and O–H groups in total. The molecule has 0 amide bonds. The molecule has 0 radical (unpaired) electrons. The molecule has 0 aromatic heterocycles. The Morgan fingerprint density at radius 3 is 1.78 bits per heavy atom. The van der Waals surface area contributed by atoms with Gasteiger partial charge in [0.15, 0.2) is 0 Å². The maximum absolute atomic E-state index is 9.21. The van der Waals surface area contributed by atoms with E-state index in [1.54, 1.807) is 0 Å². The Kier molecular flexibility index (Phi) is 12.8. The molecule has 0 spiro atoms. The van der Waals surface area contributed by atoms with Crippen LogP contribution in [0.1, 0.15) is 26.2 Å². The first-order chi connectivity index (χ1) is 11.3. The molecule has 0 aromatic rings. The van der Waals surface area contributed by atoms with Crippen molar-refractivity contribution in [2.45, 2.75) is 26.2 Å². The molecule has 1 aliphatic rings. The van der Waals surface area contributed by atoms with Crippen molar-refractivity contribution >= 4 is 0 Å². The Balaban J connectivity index is 2.47. The molecule has 0 unspecified atom stereocenters. The van der Waals surface area contributed by atoms with Gasteiger partial charge in [0.2, 0.25) is 0 Å². The summed E-state index contributed by atoms with van der Waals surface area (Å²) in [6, 6.07) is 0. The summed E-state index contributed by atoms with van der Waals surface area (Å²) in [6.45, 7) is 13.9. The molecule has 0 bridgehead atoms. The first-order valence-corrected chi connectivity index (χ1v) is 9.39. The molecule has 23 heavy (non-hydrogen) atoms. The number of rotatable bonds is 5. The lowest BCUT2D eigenvalue weighted by molar-refractivity contribution is 0.177. The van der Waals surface area contributed by atoms with Gasteiger partial charge in [-0.15, -0.1) is 0 Å². The van der Waals surface area contributed by atoms with Gasteiger partial charge in [-0.25, -0.2) is 0 Å². The number of β-amino-alcohol motifs (C(OH)–C–C–N with tert-alkyl or cyclic N) is 2. The summed E-state index contributed by atoms with van der Waals surface area (Å²) in [5.41, 5.74) is 0. The molecular weight excluding hydrogens is 292 g/mol. The van der Waals surface area contributed by atoms with Gasteiger partial charge in [0, 0.05) is 26.2 Å². The molecule has 138 valence electrons. The van der Waals surface area contributed by atoms with Crippen LogP contribution in [0.5, 0.6) is 0 Å². The average molecular weight is 331 g/mol. The molecule has 6 heteroatoms. The smallest absolute Gasteiger partial charge is 0.0558 e. The highest BCUT2D eigenvalue weighted by molar-refractivity contribution is 4.66. The number of hydrogen-bond acceptors (Lipinski definition) is 6. The fourth-order valence-electron chi connectivity index (χ4n) is 3.21. The Morgan fingerprint density at radius 2 is 1.22 bits per heavy atom. The molecule has 6 nitrogen and oxygen atoms in total. The second kappa shape index (κ2) is 14.1. The first kappa shape index (κ1) is 20.8. The normalized spacial score (nSPS) is 22.6. The second-order valence-corrected chi connectivity index (χ2v) is 6.38. The minimum absolute atomic E-state index is 0.244. The quantitative estimate of drug-likeness (QED) is 0.642. The van der Waals surface area contributed by atoms with Gasteiger partial charge in [-0.1, -0.05) is 6.92 Å². The zero-order chi connectivity index (χ0) is 16.8. The van der Waals surface area contributed by atoms with E-state index in [4.69, 9.17) is 0 Å². The van der Waals surface area contributed by atoms with Crippen LogP contribution in [0.4, 0.5) is 0 Å². The highest BCUT2D eigenvalue weighted by Crippen LogP contribution is 2.00. The van der Waals surface area contributed by atoms with E-state index in [-0.39, 0.29) is 13.2 Å². The Morgan fingerprint density at radius 1 is 0.696 bits per heavy atom. The van der Waals surface area contributed by atoms with Crippen molar-refractivity contribution in [2.75, 3.05) is 85.2 Å². The summed E-state index contributed by atoms with van der Waals surface area (Å²) in [6.07, 6.45) is 3.45. The van der Waals surface area contributed by atoms with E-state index in [0.717, 1.165) is 84.8 Å². The second-order valence-electron chi connectivity index (χ2n) is 6.38. The highest BCUT2D eigenvalue weighted by atomic mass is 16.3. The molecular formula is C17H38N4O2. The van der Waals surface area contributed by atoms with Crippen LogP contribution in [0.25, 0.3) is 0 Å². The predicted molar refractivity (Wildman–Crippen MR) is 95.9 cm³/mol. The number of hydrogen-bond donors (Lipinski definition) is 3. The van der Waals surface area contributed by atoms with Gasteiger partial charge in [-0.3, -0.25) is 4.90 Å². The summed E-state index contributed by atoms with van der Waals surface area (Å²) in [4.78, 5) is 7.26. The van der Waals surface area contributed by atoms with Gasteiger partial charge in [-0.05, 0) is 65.1 Å². The van der Waals surface area contributed by atoms with E-state index >= 15 is 0 Å². The summed E-state index contributed by atoms with van der Waals surface area (Å²) < 4.78 is 0. The van der Waals surface area contributed by atoms with Crippen LogP contribution in [0.3, 0.4) is 0 Å². The monoisotopic (exact) mass is 330 g/mol. The van der Waals surface area contributed by atoms with Gasteiger partial charge < -0.3 is 25.3 Å². The van der Waals surface area contributed by atoms with Gasteiger partial charge in [-0.2, -0.15) is 0 Å². The lowest BCUT2D eigenvalue weighted by Crippen LogP contribution is -2.36. The minimum Gasteiger partial charge on any atom is -0.395 e. The van der Waals surface area contributed by atoms with E-state index in [1.807, 2.05) is 0 Å². The zero-order valence-corrected chi connectivity index (χ0v) is 15.0. The Hall–Kier alpha value is -0.240. The Bertz CT molecular complexity index is 245. The van der Waals surface area contributed by atoms with Crippen molar-refractivity contribution in [3.8, 4) is 0 Å². The van der Waals surface area contributed by atoms with Crippen molar-refractivity contribution in [2.24, 2.45) is 0 Å². The molecule has 1 heterocycles.